The number of hydrogen-bond donors (Lipinski definition) is 0. The molecule has 1 nitrogen and oxygen atoms in total. The second-order valence-electron chi connectivity index (χ2n) is 3.77. The third-order valence-electron chi connectivity index (χ3n) is 2.19. The van der Waals surface area contributed by atoms with Crippen molar-refractivity contribution < 1.29 is 4.74 Å². The van der Waals surface area contributed by atoms with Crippen LogP contribution in [-0.2, 0) is 0 Å². The van der Waals surface area contributed by atoms with E-state index in [2.05, 4.69) is 52.9 Å². The van der Waals surface area contributed by atoms with Crippen LogP contribution in [0.3, 0.4) is 0 Å². The number of halogens is 1. The Labute approximate surface area is 104 Å². The highest BCUT2D eigenvalue weighted by atomic mass is 127. The molecular formula is C13H13IO. The molecule has 0 saturated carbocycles. The van der Waals surface area contributed by atoms with Gasteiger partial charge >= 0.3 is 0 Å². The maximum atomic E-state index is 5.75. The topological polar surface area (TPSA) is 9.23 Å². The average molecular weight is 312 g/mol. The first-order valence-corrected chi connectivity index (χ1v) is 6.10. The van der Waals surface area contributed by atoms with Crippen molar-refractivity contribution in [3.8, 4) is 5.75 Å². The van der Waals surface area contributed by atoms with E-state index in [0.717, 1.165) is 5.75 Å². The van der Waals surface area contributed by atoms with Gasteiger partial charge in [0.2, 0.25) is 0 Å². The van der Waals surface area contributed by atoms with E-state index in [1.165, 1.54) is 14.3 Å². The highest BCUT2D eigenvalue weighted by Gasteiger charge is 2.06. The van der Waals surface area contributed by atoms with E-state index >= 15 is 0 Å². The van der Waals surface area contributed by atoms with Gasteiger partial charge < -0.3 is 4.74 Å². The first-order chi connectivity index (χ1) is 7.18. The standard InChI is InChI=1S/C13H13IO/c1-9(2)15-12-8-7-10-5-3-4-6-11(10)13(12)14/h3-9H,1-2H3. The summed E-state index contributed by atoms with van der Waals surface area (Å²) in [6.07, 6.45) is 0.222. The van der Waals surface area contributed by atoms with E-state index in [-0.39, 0.29) is 6.10 Å². The smallest absolute Gasteiger partial charge is 0.133 e. The van der Waals surface area contributed by atoms with Crippen LogP contribution < -0.4 is 4.74 Å². The van der Waals surface area contributed by atoms with Crippen molar-refractivity contribution in [2.24, 2.45) is 0 Å². The number of hydrogen-bond acceptors (Lipinski definition) is 1. The highest BCUT2D eigenvalue weighted by Crippen LogP contribution is 2.29. The van der Waals surface area contributed by atoms with Gasteiger partial charge in [0.05, 0.1) is 9.67 Å². The van der Waals surface area contributed by atoms with Gasteiger partial charge in [0.25, 0.3) is 0 Å². The lowest BCUT2D eigenvalue weighted by molar-refractivity contribution is 0.241. The Morgan fingerprint density at radius 3 is 2.53 bits per heavy atom. The highest BCUT2D eigenvalue weighted by molar-refractivity contribution is 14.1. The zero-order valence-electron chi connectivity index (χ0n) is 8.83. The zero-order chi connectivity index (χ0) is 10.8. The predicted molar refractivity (Wildman–Crippen MR) is 72.4 cm³/mol. The third kappa shape index (κ3) is 2.25. The molecule has 2 rings (SSSR count). The summed E-state index contributed by atoms with van der Waals surface area (Å²) in [4.78, 5) is 0. The fraction of sp³-hybridized carbons (Fsp3) is 0.231. The molecule has 2 aromatic rings. The molecule has 0 bridgehead atoms. The Hall–Kier alpha value is -0.770. The molecule has 78 valence electrons. The molecule has 0 atom stereocenters. The number of rotatable bonds is 2. The van der Waals surface area contributed by atoms with E-state index < -0.39 is 0 Å². The van der Waals surface area contributed by atoms with E-state index in [9.17, 15) is 0 Å². The molecule has 0 spiro atoms. The van der Waals surface area contributed by atoms with Crippen LogP contribution in [-0.4, -0.2) is 6.10 Å². The summed E-state index contributed by atoms with van der Waals surface area (Å²) in [5, 5.41) is 2.52. The lowest BCUT2D eigenvalue weighted by Gasteiger charge is -2.12. The average Bonchev–Trinajstić information content (AvgIpc) is 2.22. The Bertz CT molecular complexity index is 477. The van der Waals surface area contributed by atoms with Gasteiger partial charge in [0.1, 0.15) is 5.75 Å². The van der Waals surface area contributed by atoms with Crippen LogP contribution in [0.25, 0.3) is 10.8 Å². The minimum atomic E-state index is 0.222. The van der Waals surface area contributed by atoms with Crippen molar-refractivity contribution in [3.63, 3.8) is 0 Å². The zero-order valence-corrected chi connectivity index (χ0v) is 11.0. The van der Waals surface area contributed by atoms with Crippen molar-refractivity contribution in [1.29, 1.82) is 0 Å². The number of ether oxygens (including phenoxy) is 1. The first kappa shape index (κ1) is 10.7. The van der Waals surface area contributed by atoms with E-state index in [1.807, 2.05) is 19.9 Å². The molecule has 0 fully saturated rings. The number of fused-ring (bicyclic) bond motifs is 1. The number of benzene rings is 2. The lowest BCUT2D eigenvalue weighted by Crippen LogP contribution is -2.06. The van der Waals surface area contributed by atoms with Crippen molar-refractivity contribution in [1.82, 2.24) is 0 Å². The van der Waals surface area contributed by atoms with Crippen LogP contribution in [0.15, 0.2) is 36.4 Å². The minimum absolute atomic E-state index is 0.222. The molecule has 0 amide bonds. The second kappa shape index (κ2) is 4.39. The Morgan fingerprint density at radius 2 is 1.80 bits per heavy atom. The molecule has 0 radical (unpaired) electrons. The molecule has 0 N–H and O–H groups in total. The Morgan fingerprint density at radius 1 is 1.07 bits per heavy atom. The van der Waals surface area contributed by atoms with Gasteiger partial charge in [-0.2, -0.15) is 0 Å². The summed E-state index contributed by atoms with van der Waals surface area (Å²) in [5.41, 5.74) is 0. The molecule has 0 unspecified atom stereocenters. The third-order valence-corrected chi connectivity index (χ3v) is 3.30. The predicted octanol–water partition coefficient (Wildman–Crippen LogP) is 4.23. The molecule has 0 aliphatic heterocycles. The molecular weight excluding hydrogens is 299 g/mol. The van der Waals surface area contributed by atoms with E-state index in [0.29, 0.717) is 0 Å². The quantitative estimate of drug-likeness (QED) is 0.754. The van der Waals surface area contributed by atoms with Gasteiger partial charge in [-0.15, -0.1) is 0 Å². The maximum absolute atomic E-state index is 5.75. The molecule has 2 aromatic carbocycles. The van der Waals surface area contributed by atoms with Crippen molar-refractivity contribution >= 4 is 33.4 Å². The van der Waals surface area contributed by atoms with E-state index in [1.54, 1.807) is 0 Å². The SMILES string of the molecule is CC(C)Oc1ccc2ccccc2c1I. The molecule has 0 saturated heterocycles. The largest absolute Gasteiger partial charge is 0.490 e. The summed E-state index contributed by atoms with van der Waals surface area (Å²) in [7, 11) is 0. The first-order valence-electron chi connectivity index (χ1n) is 5.02. The van der Waals surface area contributed by atoms with Crippen LogP contribution >= 0.6 is 22.6 Å². The second-order valence-corrected chi connectivity index (χ2v) is 4.84. The molecule has 15 heavy (non-hydrogen) atoms. The molecule has 0 aliphatic carbocycles. The minimum Gasteiger partial charge on any atom is -0.490 e. The maximum Gasteiger partial charge on any atom is 0.133 e. The van der Waals surface area contributed by atoms with Gasteiger partial charge in [0.15, 0.2) is 0 Å². The van der Waals surface area contributed by atoms with Gasteiger partial charge in [0, 0.05) is 0 Å². The van der Waals surface area contributed by atoms with Crippen LogP contribution in [0.1, 0.15) is 13.8 Å². The van der Waals surface area contributed by atoms with Crippen LogP contribution in [0.2, 0.25) is 0 Å². The van der Waals surface area contributed by atoms with Gasteiger partial charge in [-0.1, -0.05) is 30.3 Å². The fourth-order valence-corrected chi connectivity index (χ4v) is 2.36. The molecule has 0 aliphatic rings. The monoisotopic (exact) mass is 312 g/mol. The van der Waals surface area contributed by atoms with Crippen LogP contribution in [0.5, 0.6) is 5.75 Å². The summed E-state index contributed by atoms with van der Waals surface area (Å²) >= 11 is 2.35. The Kier molecular flexibility index (Phi) is 3.14. The lowest BCUT2D eigenvalue weighted by atomic mass is 10.1. The molecule has 2 heteroatoms. The fourth-order valence-electron chi connectivity index (χ4n) is 1.56. The Balaban J connectivity index is 2.55. The van der Waals surface area contributed by atoms with Crippen molar-refractivity contribution in [2.45, 2.75) is 20.0 Å². The summed E-state index contributed by atoms with van der Waals surface area (Å²) in [6, 6.07) is 12.5. The van der Waals surface area contributed by atoms with Crippen molar-refractivity contribution in [3.05, 3.63) is 40.0 Å². The van der Waals surface area contributed by atoms with E-state index in [4.69, 9.17) is 4.74 Å². The van der Waals surface area contributed by atoms with Gasteiger partial charge in [-0.3, -0.25) is 0 Å². The van der Waals surface area contributed by atoms with Crippen LogP contribution in [0, 0.1) is 3.57 Å². The molecule has 0 heterocycles. The van der Waals surface area contributed by atoms with Gasteiger partial charge in [-0.25, -0.2) is 0 Å². The summed E-state index contributed by atoms with van der Waals surface area (Å²) < 4.78 is 6.94. The van der Waals surface area contributed by atoms with Crippen molar-refractivity contribution in [2.75, 3.05) is 0 Å². The summed E-state index contributed by atoms with van der Waals surface area (Å²) in [6.45, 7) is 4.09. The van der Waals surface area contributed by atoms with Crippen LogP contribution in [0.4, 0.5) is 0 Å². The molecule has 0 aromatic heterocycles. The normalized spacial score (nSPS) is 10.9. The summed E-state index contributed by atoms with van der Waals surface area (Å²) in [5.74, 6) is 0.976. The van der Waals surface area contributed by atoms with Gasteiger partial charge in [-0.05, 0) is 53.3 Å².